The number of rotatable bonds is 1. The lowest BCUT2D eigenvalue weighted by Gasteiger charge is -2.37. The van der Waals surface area contributed by atoms with Gasteiger partial charge >= 0.3 is 12.4 Å². The third-order valence-corrected chi connectivity index (χ3v) is 6.33. The quantitative estimate of drug-likeness (QED) is 0.334. The Bertz CT molecular complexity index is 1290. The highest BCUT2D eigenvalue weighted by Crippen LogP contribution is 2.52. The number of halogens is 6. The van der Waals surface area contributed by atoms with E-state index in [1.807, 2.05) is 0 Å². The molecule has 192 valence electrons. The topological polar surface area (TPSA) is 69.6 Å². The van der Waals surface area contributed by atoms with Gasteiger partial charge in [0, 0.05) is 24.6 Å². The van der Waals surface area contributed by atoms with Crippen LogP contribution >= 0.6 is 0 Å². The van der Waals surface area contributed by atoms with E-state index >= 15 is 0 Å². The first-order valence-corrected chi connectivity index (χ1v) is 10.9. The summed E-state index contributed by atoms with van der Waals surface area (Å²) in [5, 5.41) is 13.5. The Balaban J connectivity index is 2.11. The summed E-state index contributed by atoms with van der Waals surface area (Å²) in [5.74, 6) is -1.64. The van der Waals surface area contributed by atoms with Crippen LogP contribution in [-0.2, 0) is 21.9 Å². The number of amides is 1. The van der Waals surface area contributed by atoms with Crippen LogP contribution in [0, 0.1) is 5.41 Å². The summed E-state index contributed by atoms with van der Waals surface area (Å²) in [4.78, 5) is 27.3. The Hall–Kier alpha value is -3.50. The highest BCUT2D eigenvalue weighted by atomic mass is 19.4. The Kier molecular flexibility index (Phi) is 5.88. The highest BCUT2D eigenvalue weighted by molar-refractivity contribution is 6.06. The fourth-order valence-corrected chi connectivity index (χ4v) is 4.90. The number of nitrogens with zero attached hydrogens (tertiary/aromatic N) is 1. The van der Waals surface area contributed by atoms with Gasteiger partial charge in [-0.3, -0.25) is 14.5 Å². The first-order valence-electron chi connectivity index (χ1n) is 10.9. The van der Waals surface area contributed by atoms with E-state index in [9.17, 15) is 41.0 Å². The van der Waals surface area contributed by atoms with E-state index in [1.165, 1.54) is 18.2 Å². The Morgan fingerprint density at radius 1 is 1.06 bits per heavy atom. The maximum Gasteiger partial charge on any atom is 0.416 e. The van der Waals surface area contributed by atoms with Crippen LogP contribution in [-0.4, -0.2) is 16.8 Å². The maximum atomic E-state index is 14.2. The van der Waals surface area contributed by atoms with Crippen LogP contribution < -0.4 is 10.2 Å². The molecule has 36 heavy (non-hydrogen) atoms. The lowest BCUT2D eigenvalue weighted by atomic mass is 9.73. The van der Waals surface area contributed by atoms with Gasteiger partial charge < -0.3 is 10.4 Å². The number of allylic oxidation sites excluding steroid dienone is 1. The zero-order valence-corrected chi connectivity index (χ0v) is 19.4. The number of Topliss-reactive ketones (excluding diaryl/α,β-unsaturated/α-hetero) is 1. The SMILES string of the molecule is CC(=O)N1c2cccc(O)c2NC2=C(C(=O)CC(C)(C)C2)C1c1ccc(C(F)(F)F)cc1C(F)(F)F. The number of hydrogen-bond donors (Lipinski definition) is 2. The summed E-state index contributed by atoms with van der Waals surface area (Å²) in [7, 11) is 0. The highest BCUT2D eigenvalue weighted by Gasteiger charge is 2.47. The van der Waals surface area contributed by atoms with E-state index < -0.39 is 52.2 Å². The normalized spacial score (nSPS) is 19.9. The van der Waals surface area contributed by atoms with Crippen molar-refractivity contribution < 1.29 is 41.0 Å². The number of carbonyl (C=O) groups is 2. The monoisotopic (exact) mass is 512 g/mol. The van der Waals surface area contributed by atoms with Crippen molar-refractivity contribution in [1.29, 1.82) is 0 Å². The number of benzene rings is 2. The van der Waals surface area contributed by atoms with Gasteiger partial charge in [0.15, 0.2) is 5.78 Å². The van der Waals surface area contributed by atoms with E-state index in [-0.39, 0.29) is 47.3 Å². The average Bonchev–Trinajstić information content (AvgIpc) is 2.86. The summed E-state index contributed by atoms with van der Waals surface area (Å²) in [6.45, 7) is 4.63. The van der Waals surface area contributed by atoms with Gasteiger partial charge in [0.2, 0.25) is 5.91 Å². The predicted octanol–water partition coefficient (Wildman–Crippen LogP) is 6.59. The second kappa shape index (κ2) is 8.28. The van der Waals surface area contributed by atoms with Crippen LogP contribution in [0.1, 0.15) is 56.3 Å². The number of phenolic OH excluding ortho intramolecular Hbond substituents is 1. The van der Waals surface area contributed by atoms with Crippen LogP contribution in [0.15, 0.2) is 47.7 Å². The third kappa shape index (κ3) is 4.42. The second-order valence-electron chi connectivity index (χ2n) is 9.72. The number of nitrogens with one attached hydrogen (secondary N) is 1. The Morgan fingerprint density at radius 3 is 2.31 bits per heavy atom. The number of anilines is 2. The summed E-state index contributed by atoms with van der Waals surface area (Å²) >= 11 is 0. The van der Waals surface area contributed by atoms with Crippen LogP contribution in [0.5, 0.6) is 5.75 Å². The molecule has 0 aromatic heterocycles. The minimum absolute atomic E-state index is 0.00712. The van der Waals surface area contributed by atoms with Crippen molar-refractivity contribution in [3.8, 4) is 5.75 Å². The molecule has 1 aliphatic carbocycles. The smallest absolute Gasteiger partial charge is 0.416 e. The van der Waals surface area contributed by atoms with Crippen molar-refractivity contribution >= 4 is 23.1 Å². The summed E-state index contributed by atoms with van der Waals surface area (Å²) in [6, 6.07) is 3.53. The average molecular weight is 512 g/mol. The second-order valence-corrected chi connectivity index (χ2v) is 9.72. The largest absolute Gasteiger partial charge is 0.506 e. The molecule has 2 aliphatic rings. The molecule has 2 aromatic carbocycles. The van der Waals surface area contributed by atoms with Crippen molar-refractivity contribution in [3.05, 3.63) is 64.4 Å². The number of alkyl halides is 6. The van der Waals surface area contributed by atoms with Crippen molar-refractivity contribution in [2.45, 2.75) is 52.0 Å². The minimum atomic E-state index is -5.22. The first-order chi connectivity index (χ1) is 16.5. The molecule has 0 radical (unpaired) electrons. The molecule has 4 rings (SSSR count). The Morgan fingerprint density at radius 2 is 1.72 bits per heavy atom. The summed E-state index contributed by atoms with van der Waals surface area (Å²) < 4.78 is 82.5. The lowest BCUT2D eigenvalue weighted by molar-refractivity contribution is -0.143. The van der Waals surface area contributed by atoms with Crippen LogP contribution in [0.25, 0.3) is 0 Å². The third-order valence-electron chi connectivity index (χ3n) is 6.33. The minimum Gasteiger partial charge on any atom is -0.506 e. The fraction of sp³-hybridized carbons (Fsp3) is 0.360. The van der Waals surface area contributed by atoms with E-state index in [1.54, 1.807) is 13.8 Å². The predicted molar refractivity (Wildman–Crippen MR) is 119 cm³/mol. The van der Waals surface area contributed by atoms with Crippen molar-refractivity contribution in [3.63, 3.8) is 0 Å². The zero-order valence-electron chi connectivity index (χ0n) is 19.4. The molecule has 0 saturated heterocycles. The molecule has 0 spiro atoms. The van der Waals surface area contributed by atoms with Gasteiger partial charge in [-0.25, -0.2) is 0 Å². The van der Waals surface area contributed by atoms with Crippen molar-refractivity contribution in [2.75, 3.05) is 10.2 Å². The van der Waals surface area contributed by atoms with E-state index in [0.29, 0.717) is 12.1 Å². The molecule has 2 aromatic rings. The molecular weight excluding hydrogens is 490 g/mol. The van der Waals surface area contributed by atoms with Crippen molar-refractivity contribution in [1.82, 2.24) is 0 Å². The molecule has 0 bridgehead atoms. The molecule has 1 heterocycles. The molecule has 1 amide bonds. The van der Waals surface area contributed by atoms with E-state index in [0.717, 1.165) is 11.8 Å². The van der Waals surface area contributed by atoms with Gasteiger partial charge in [-0.1, -0.05) is 26.0 Å². The van der Waals surface area contributed by atoms with Gasteiger partial charge in [-0.15, -0.1) is 0 Å². The van der Waals surface area contributed by atoms with Gasteiger partial charge in [-0.2, -0.15) is 26.3 Å². The molecule has 1 unspecified atom stereocenters. The molecule has 5 nitrogen and oxygen atoms in total. The lowest BCUT2D eigenvalue weighted by Crippen LogP contribution is -2.39. The standard InChI is InChI=1S/C25H22F6N2O3/c1-12(34)33-17-5-4-6-18(35)21(17)32-16-10-23(2,3)11-19(36)20(16)22(33)14-8-7-13(24(26,27)28)9-15(14)25(29,30)31/h4-9,22,32,35H,10-11H2,1-3H3. The molecular formula is C25H22F6N2O3. The number of phenols is 1. The zero-order chi connectivity index (χ0) is 26.8. The molecule has 0 fully saturated rings. The summed E-state index contributed by atoms with van der Waals surface area (Å²) in [5.41, 5.74) is -4.37. The number of fused-ring (bicyclic) bond motifs is 1. The maximum absolute atomic E-state index is 14.2. The van der Waals surface area contributed by atoms with E-state index in [4.69, 9.17) is 0 Å². The molecule has 0 saturated carbocycles. The Labute approximate surface area is 202 Å². The van der Waals surface area contributed by atoms with E-state index in [2.05, 4.69) is 5.32 Å². The van der Waals surface area contributed by atoms with Gasteiger partial charge in [0.05, 0.1) is 22.9 Å². The number of hydrogen-bond acceptors (Lipinski definition) is 4. The van der Waals surface area contributed by atoms with Crippen LogP contribution in [0.2, 0.25) is 0 Å². The summed E-state index contributed by atoms with van der Waals surface area (Å²) in [6.07, 6.45) is -10.1. The van der Waals surface area contributed by atoms with Crippen LogP contribution in [0.4, 0.5) is 37.7 Å². The number of carbonyl (C=O) groups excluding carboxylic acids is 2. The molecule has 11 heteroatoms. The van der Waals surface area contributed by atoms with Crippen molar-refractivity contribution in [2.24, 2.45) is 5.41 Å². The van der Waals surface area contributed by atoms with Gasteiger partial charge in [0.1, 0.15) is 11.4 Å². The van der Waals surface area contributed by atoms with Crippen LogP contribution in [0.3, 0.4) is 0 Å². The van der Waals surface area contributed by atoms with Gasteiger partial charge in [0.25, 0.3) is 0 Å². The molecule has 1 aliphatic heterocycles. The molecule has 1 atom stereocenters. The number of aromatic hydroxyl groups is 1. The van der Waals surface area contributed by atoms with Gasteiger partial charge in [-0.05, 0) is 41.7 Å². The first kappa shape index (κ1) is 25.6. The number of para-hydroxylation sites is 1. The number of ketones is 1. The fourth-order valence-electron chi connectivity index (χ4n) is 4.90. The molecule has 2 N–H and O–H groups in total.